The second-order valence-electron chi connectivity index (χ2n) is 3.64. The molecule has 1 rings (SSSR count). The van der Waals surface area contributed by atoms with Crippen molar-refractivity contribution in [3.05, 3.63) is 28.2 Å². The Kier molecular flexibility index (Phi) is 4.51. The second-order valence-corrected chi connectivity index (χ2v) is 4.50. The number of anilines is 1. The minimum atomic E-state index is -1.08. The van der Waals surface area contributed by atoms with E-state index in [1.807, 2.05) is 19.1 Å². The number of halogens is 1. The Bertz CT molecular complexity index is 448. The fourth-order valence-electron chi connectivity index (χ4n) is 1.14. The summed E-state index contributed by atoms with van der Waals surface area (Å²) in [4.78, 5) is 22.0. The molecule has 0 saturated carbocycles. The van der Waals surface area contributed by atoms with E-state index in [0.29, 0.717) is 5.69 Å². The normalized spacial score (nSPS) is 11.7. The van der Waals surface area contributed by atoms with Gasteiger partial charge in [0.15, 0.2) is 0 Å². The van der Waals surface area contributed by atoms with Gasteiger partial charge >= 0.3 is 12.0 Å². The lowest BCUT2D eigenvalue weighted by Gasteiger charge is -2.12. The van der Waals surface area contributed by atoms with Crippen molar-refractivity contribution in [3.8, 4) is 0 Å². The molecule has 0 saturated heterocycles. The Morgan fingerprint density at radius 1 is 1.41 bits per heavy atom. The van der Waals surface area contributed by atoms with Crippen molar-refractivity contribution in [1.82, 2.24) is 5.32 Å². The molecule has 1 atom stereocenters. The SMILES string of the molecule is Cc1ccc(NC(=O)N[C@H](C)C(=O)O)c(Br)c1. The predicted molar refractivity (Wildman–Crippen MR) is 68.1 cm³/mol. The summed E-state index contributed by atoms with van der Waals surface area (Å²) < 4.78 is 0.746. The standard InChI is InChI=1S/C11H13BrN2O3/c1-6-3-4-9(8(12)5-6)14-11(17)13-7(2)10(15)16/h3-5,7H,1-2H3,(H,15,16)(H2,13,14,17)/t7-/m1/s1. The van der Waals surface area contributed by atoms with Crippen LogP contribution in [0.25, 0.3) is 0 Å². The molecule has 6 heteroatoms. The molecule has 0 heterocycles. The minimum Gasteiger partial charge on any atom is -0.480 e. The van der Waals surface area contributed by atoms with Crippen LogP contribution in [0.3, 0.4) is 0 Å². The first-order chi connectivity index (χ1) is 7.90. The molecular formula is C11H13BrN2O3. The van der Waals surface area contributed by atoms with Crippen LogP contribution >= 0.6 is 15.9 Å². The van der Waals surface area contributed by atoms with Crippen LogP contribution in [-0.2, 0) is 4.79 Å². The van der Waals surface area contributed by atoms with Crippen LogP contribution < -0.4 is 10.6 Å². The van der Waals surface area contributed by atoms with E-state index in [1.165, 1.54) is 6.92 Å². The van der Waals surface area contributed by atoms with E-state index in [2.05, 4.69) is 26.6 Å². The van der Waals surface area contributed by atoms with Crippen LogP contribution in [0.2, 0.25) is 0 Å². The third-order valence-corrected chi connectivity index (χ3v) is 2.75. The van der Waals surface area contributed by atoms with E-state index in [1.54, 1.807) is 6.07 Å². The molecule has 1 aromatic carbocycles. The zero-order valence-corrected chi connectivity index (χ0v) is 11.0. The highest BCUT2D eigenvalue weighted by Crippen LogP contribution is 2.23. The lowest BCUT2D eigenvalue weighted by Crippen LogP contribution is -2.40. The number of benzene rings is 1. The number of carboxylic acids is 1. The molecule has 0 radical (unpaired) electrons. The van der Waals surface area contributed by atoms with Gasteiger partial charge in [0.25, 0.3) is 0 Å². The van der Waals surface area contributed by atoms with E-state index >= 15 is 0 Å². The van der Waals surface area contributed by atoms with Crippen molar-refractivity contribution < 1.29 is 14.7 Å². The molecule has 0 aliphatic carbocycles. The van der Waals surface area contributed by atoms with Crippen LogP contribution in [-0.4, -0.2) is 23.1 Å². The molecule has 0 aromatic heterocycles. The van der Waals surface area contributed by atoms with Gasteiger partial charge in [-0.15, -0.1) is 0 Å². The number of carbonyl (C=O) groups excluding carboxylic acids is 1. The number of hydrogen-bond acceptors (Lipinski definition) is 2. The van der Waals surface area contributed by atoms with Crippen molar-refractivity contribution in [2.24, 2.45) is 0 Å². The lowest BCUT2D eigenvalue weighted by molar-refractivity contribution is -0.138. The molecule has 0 spiro atoms. The Morgan fingerprint density at radius 2 is 2.06 bits per heavy atom. The highest BCUT2D eigenvalue weighted by molar-refractivity contribution is 9.10. The first-order valence-corrected chi connectivity index (χ1v) is 5.76. The summed E-state index contributed by atoms with van der Waals surface area (Å²) in [7, 11) is 0. The van der Waals surface area contributed by atoms with E-state index < -0.39 is 18.0 Å². The van der Waals surface area contributed by atoms with Crippen molar-refractivity contribution in [3.63, 3.8) is 0 Å². The second kappa shape index (κ2) is 5.67. The average molecular weight is 301 g/mol. The summed E-state index contributed by atoms with van der Waals surface area (Å²) in [5, 5.41) is 13.5. The Hall–Kier alpha value is -1.56. The van der Waals surface area contributed by atoms with Crippen LogP contribution in [0.4, 0.5) is 10.5 Å². The van der Waals surface area contributed by atoms with Gasteiger partial charge in [-0.05, 0) is 47.5 Å². The molecule has 0 unspecified atom stereocenters. The van der Waals surface area contributed by atoms with Crippen molar-refractivity contribution in [1.29, 1.82) is 0 Å². The Morgan fingerprint density at radius 3 is 2.59 bits per heavy atom. The summed E-state index contributed by atoms with van der Waals surface area (Å²) in [5.41, 5.74) is 1.65. The first-order valence-electron chi connectivity index (χ1n) is 4.96. The maximum absolute atomic E-state index is 11.5. The highest BCUT2D eigenvalue weighted by atomic mass is 79.9. The minimum absolute atomic E-state index is 0.551. The number of amides is 2. The summed E-state index contributed by atoms with van der Waals surface area (Å²) in [6.07, 6.45) is 0. The fourth-order valence-corrected chi connectivity index (χ4v) is 1.73. The zero-order chi connectivity index (χ0) is 13.0. The predicted octanol–water partition coefficient (Wildman–Crippen LogP) is 2.35. The summed E-state index contributed by atoms with van der Waals surface area (Å²) in [5.74, 6) is -1.08. The number of carboxylic acid groups (broad SMARTS) is 1. The lowest BCUT2D eigenvalue weighted by atomic mass is 10.2. The molecule has 0 aliphatic rings. The smallest absolute Gasteiger partial charge is 0.325 e. The fraction of sp³-hybridized carbons (Fsp3) is 0.273. The van der Waals surface area contributed by atoms with E-state index in [0.717, 1.165) is 10.0 Å². The molecule has 17 heavy (non-hydrogen) atoms. The van der Waals surface area contributed by atoms with E-state index in [-0.39, 0.29) is 0 Å². The van der Waals surface area contributed by atoms with Gasteiger partial charge in [0.1, 0.15) is 6.04 Å². The molecule has 3 N–H and O–H groups in total. The monoisotopic (exact) mass is 300 g/mol. The number of rotatable bonds is 3. The first kappa shape index (κ1) is 13.5. The molecule has 5 nitrogen and oxygen atoms in total. The van der Waals surface area contributed by atoms with Gasteiger partial charge in [-0.3, -0.25) is 4.79 Å². The van der Waals surface area contributed by atoms with Gasteiger partial charge in [-0.1, -0.05) is 6.07 Å². The molecule has 0 fully saturated rings. The maximum atomic E-state index is 11.5. The highest BCUT2D eigenvalue weighted by Gasteiger charge is 2.14. The number of aliphatic carboxylic acids is 1. The summed E-state index contributed by atoms with van der Waals surface area (Å²) in [6, 6.07) is 3.96. The van der Waals surface area contributed by atoms with Crippen LogP contribution in [0, 0.1) is 6.92 Å². The quantitative estimate of drug-likeness (QED) is 0.802. The molecule has 92 valence electrons. The van der Waals surface area contributed by atoms with Gasteiger partial charge in [-0.2, -0.15) is 0 Å². The van der Waals surface area contributed by atoms with Crippen molar-refractivity contribution in [2.45, 2.75) is 19.9 Å². The molecule has 0 bridgehead atoms. The zero-order valence-electron chi connectivity index (χ0n) is 9.45. The third kappa shape index (κ3) is 4.07. The summed E-state index contributed by atoms with van der Waals surface area (Å²) >= 11 is 3.31. The average Bonchev–Trinajstić information content (AvgIpc) is 2.22. The molecule has 2 amide bonds. The van der Waals surface area contributed by atoms with Crippen molar-refractivity contribution >= 4 is 33.6 Å². The largest absolute Gasteiger partial charge is 0.480 e. The Labute approximate surface area is 107 Å². The van der Waals surface area contributed by atoms with E-state index in [9.17, 15) is 9.59 Å². The van der Waals surface area contributed by atoms with Crippen LogP contribution in [0.1, 0.15) is 12.5 Å². The van der Waals surface area contributed by atoms with Crippen LogP contribution in [0.15, 0.2) is 22.7 Å². The number of hydrogen-bond donors (Lipinski definition) is 3. The van der Waals surface area contributed by atoms with Gasteiger partial charge in [0.2, 0.25) is 0 Å². The molecular weight excluding hydrogens is 288 g/mol. The topological polar surface area (TPSA) is 78.4 Å². The van der Waals surface area contributed by atoms with Crippen LogP contribution in [0.5, 0.6) is 0 Å². The number of aryl methyl sites for hydroxylation is 1. The van der Waals surface area contributed by atoms with Gasteiger partial charge in [0.05, 0.1) is 5.69 Å². The number of nitrogens with one attached hydrogen (secondary N) is 2. The van der Waals surface area contributed by atoms with Gasteiger partial charge in [0, 0.05) is 4.47 Å². The van der Waals surface area contributed by atoms with Gasteiger partial charge < -0.3 is 15.7 Å². The summed E-state index contributed by atoms with van der Waals surface area (Å²) in [6.45, 7) is 3.33. The number of urea groups is 1. The van der Waals surface area contributed by atoms with E-state index in [4.69, 9.17) is 5.11 Å². The van der Waals surface area contributed by atoms with Gasteiger partial charge in [-0.25, -0.2) is 4.79 Å². The molecule has 1 aromatic rings. The maximum Gasteiger partial charge on any atom is 0.325 e. The third-order valence-electron chi connectivity index (χ3n) is 2.09. The number of carbonyl (C=O) groups is 2. The Balaban J connectivity index is 2.65. The van der Waals surface area contributed by atoms with Crippen molar-refractivity contribution in [2.75, 3.05) is 5.32 Å². The molecule has 0 aliphatic heterocycles.